The summed E-state index contributed by atoms with van der Waals surface area (Å²) >= 11 is 27.3. The summed E-state index contributed by atoms with van der Waals surface area (Å²) in [5, 5.41) is 4.29. The lowest BCUT2D eigenvalue weighted by Crippen LogP contribution is -2.26. The highest BCUT2D eigenvalue weighted by molar-refractivity contribution is 9.09. The van der Waals surface area contributed by atoms with Crippen LogP contribution >= 0.6 is 61.8 Å². The fraction of sp³-hybridized carbons (Fsp3) is 0.413. The first-order valence-electron chi connectivity index (χ1n) is 47.0. The molecule has 7 aliphatic carbocycles. The number of benzene rings is 3. The Morgan fingerprint density at radius 2 is 0.841 bits per heavy atom. The zero-order valence-corrected chi connectivity index (χ0v) is 85.5. The van der Waals surface area contributed by atoms with Gasteiger partial charge in [-0.2, -0.15) is 60.9 Å². The molecule has 0 spiro atoms. The summed E-state index contributed by atoms with van der Waals surface area (Å²) in [5.41, 5.74) is 40.1. The van der Waals surface area contributed by atoms with Gasteiger partial charge in [0, 0.05) is 57.1 Å². The van der Waals surface area contributed by atoms with Crippen molar-refractivity contribution in [2.45, 2.75) is 182 Å². The van der Waals surface area contributed by atoms with Gasteiger partial charge in [0.05, 0.1) is 39.9 Å². The second kappa shape index (κ2) is 44.7. The number of hydrogen-bond acceptors (Lipinski definition) is 31. The van der Waals surface area contributed by atoms with E-state index in [0.717, 1.165) is 110 Å². The number of carbonyl (C=O) groups excluding carboxylic acids is 2. The number of alkyl halides is 1. The first kappa shape index (κ1) is 103. The van der Waals surface area contributed by atoms with Crippen LogP contribution in [0.15, 0.2) is 123 Å². The molecule has 7 fully saturated rings. The number of anilines is 8. The number of nitrogens with two attached hydrogens (primary N) is 6. The van der Waals surface area contributed by atoms with E-state index in [9.17, 15) is 47.9 Å². The van der Waals surface area contributed by atoms with E-state index in [-0.39, 0.29) is 137 Å². The number of fused-ring (bicyclic) bond motifs is 7. The number of aromatic amines is 7. The maximum absolute atomic E-state index is 13.0. The van der Waals surface area contributed by atoms with Gasteiger partial charge in [-0.1, -0.05) is 125 Å². The quantitative estimate of drug-likeness (QED) is 0.0122. The largest absolute Gasteiger partial charge is 0.497 e. The fourth-order valence-corrected chi connectivity index (χ4v) is 16.9. The Morgan fingerprint density at radius 3 is 1.33 bits per heavy atom. The summed E-state index contributed by atoms with van der Waals surface area (Å²) in [5.74, 6) is 6.76. The van der Waals surface area contributed by atoms with Gasteiger partial charge in [0.2, 0.25) is 59.3 Å². The van der Waals surface area contributed by atoms with Crippen LogP contribution in [0.3, 0.4) is 0 Å². The Kier molecular flexibility index (Phi) is 31.9. The Bertz CT molecular complexity index is 7970. The molecule has 3 aromatic carbocycles. The first-order valence-corrected chi connectivity index (χ1v) is 53.7. The lowest BCUT2D eigenvalue weighted by Gasteiger charge is -2.17. The SMILES string of the molecule is BrCC1CC1.CC(=O)Nc1nc2[nH]c(=O)n(CC3CC3)c2c(=O)[nH]1.COc1ccc(CN2C(=O)Cc3c(Cl)nc(N)nc32)cc1.COc1ccc(Cn2c(=O)n(CC3CC3)c3c(Cl)nc(N)nc32)cc1.C[Si](C)(C)Cl.Nc1nc(Cl)c2c(n1)[nH]c(=O)n2CC1CC1.Nc1nc(OCc2ccccc2)c2c(n1)[nH]c(=O)n2CC1CC1.Nc1nc2[nH]c(=O)n(CC3CC3)c2c(=O)[nH]1.Nc1ncc2c(n1)[nH]c(=O)n2CC1CC1. The van der Waals surface area contributed by atoms with Crippen molar-refractivity contribution in [3.05, 3.63) is 206 Å². The molecule has 0 unspecified atom stereocenters. The molecule has 53 heteroatoms. The molecule has 24 rings (SSSR count). The molecular formula is C92H109BrCl4N34O13Si. The van der Waals surface area contributed by atoms with Gasteiger partial charge in [0.1, 0.15) is 53.0 Å². The lowest BCUT2D eigenvalue weighted by molar-refractivity contribution is -0.117. The van der Waals surface area contributed by atoms with Gasteiger partial charge >= 0.3 is 34.1 Å². The van der Waals surface area contributed by atoms with Crippen LogP contribution in [0.1, 0.15) is 119 Å². The molecule has 8 aliphatic rings. The van der Waals surface area contributed by atoms with Gasteiger partial charge in [-0.3, -0.25) is 96.3 Å². The number of H-pyrrole nitrogens is 7. The topological polar surface area (TPSA) is 669 Å². The van der Waals surface area contributed by atoms with Crippen LogP contribution in [0.25, 0.3) is 67.0 Å². The summed E-state index contributed by atoms with van der Waals surface area (Å²) in [6.07, 6.45) is 18.4. The molecule has 0 bridgehead atoms. The van der Waals surface area contributed by atoms with E-state index < -0.39 is 12.9 Å². The van der Waals surface area contributed by atoms with Crippen LogP contribution in [0.4, 0.5) is 47.5 Å². The number of amides is 2. The number of rotatable bonds is 23. The number of nitrogens with one attached hydrogen (secondary N) is 8. The molecule has 1 aliphatic heterocycles. The van der Waals surface area contributed by atoms with E-state index >= 15 is 0 Å². The van der Waals surface area contributed by atoms with Crippen LogP contribution in [0, 0.1) is 41.4 Å². The molecule has 7 saturated carbocycles. The van der Waals surface area contributed by atoms with Crippen molar-refractivity contribution in [1.82, 2.24) is 127 Å². The van der Waals surface area contributed by atoms with Gasteiger partial charge < -0.3 is 48.6 Å². The molecule has 0 atom stereocenters. The standard InChI is InChI=1S/C17H18ClN5O2.C16H17N5O2.C14H13ClN4O2.C11H13N5O3.C9H10ClN5O.C9H11N5O2.C9H11N5O.C4H7Br.C3H9ClSi/c1-25-12-6-4-11(5-7-12)9-23-15-13(14(18)20-16(19)21-15)22(17(23)24)8-10-2-3-10;17-15-18-13-12(21(16(22)19-13)8-10-6-7-10)14(20-15)23-9-11-4-2-1-3-5-11;1-21-9-4-2-8(3-5-9)7-19-11(20)6-10-12(15)17-14(16)18-13(10)19;1-5(17)12-10-13-8-7(9(18)15-10)16(11(19)14-8)4-6-2-3-6;10-6-5-7(13-8(11)12-6)14-9(16)15(5)3-4-1-2-4;10-8-11-6-5(7(15)13-8)14(9(16)12-6)3-4-1-2-4;10-8-11-3-6-7(12-8)13-9(15)14(6)4-5-1-2-5;5-3-4-1-2-4;1-5(2,3)4/h4-7,10H,2-3,8-9H2,1H3,(H2,19,20,21);1-5,10H,6-9H2,(H3,17,18,19,20,22);2-5H,6-7H2,1H3,(H2,16,17,18);6H,2-4H2,1H3,(H3,12,13,14,15,17,18,19);4H,1-3H2,(H3,11,12,13,14,16);4H,1-3H2,(H4,10,11,12,13,15,16);3,5H,1-2,4H2,(H3,10,11,12,13,15);4H,1-3H2;1-3H3. The van der Waals surface area contributed by atoms with E-state index in [0.29, 0.717) is 144 Å². The molecule has 16 aromatic rings. The van der Waals surface area contributed by atoms with E-state index in [1.165, 1.54) is 47.1 Å². The molecular weight excluding hydrogens is 2040 g/mol. The Balaban J connectivity index is 0.000000120. The van der Waals surface area contributed by atoms with Crippen molar-refractivity contribution in [3.8, 4) is 17.4 Å². The maximum Gasteiger partial charge on any atom is 0.330 e. The Morgan fingerprint density at radius 1 is 0.434 bits per heavy atom. The minimum Gasteiger partial charge on any atom is -0.497 e. The van der Waals surface area contributed by atoms with Crippen molar-refractivity contribution in [3.63, 3.8) is 0 Å². The van der Waals surface area contributed by atoms with Crippen molar-refractivity contribution >= 4 is 195 Å². The van der Waals surface area contributed by atoms with Crippen molar-refractivity contribution < 1.29 is 23.8 Å². The smallest absolute Gasteiger partial charge is 0.330 e. The summed E-state index contributed by atoms with van der Waals surface area (Å²) in [7, 11) is 2.09. The zero-order valence-electron chi connectivity index (χ0n) is 79.9. The van der Waals surface area contributed by atoms with Crippen molar-refractivity contribution in [2.75, 3.05) is 64.2 Å². The molecule has 2 amide bonds. The highest BCUT2D eigenvalue weighted by atomic mass is 79.9. The van der Waals surface area contributed by atoms with Gasteiger partial charge in [-0.25, -0.2) is 38.7 Å². The van der Waals surface area contributed by atoms with Gasteiger partial charge in [0.25, 0.3) is 11.1 Å². The normalized spacial score (nSPS) is 14.9. The predicted molar refractivity (Wildman–Crippen MR) is 559 cm³/mol. The lowest BCUT2D eigenvalue weighted by atomic mass is 10.2. The van der Waals surface area contributed by atoms with E-state index in [1.807, 2.05) is 78.9 Å². The Hall–Kier alpha value is -14.6. The highest BCUT2D eigenvalue weighted by Gasteiger charge is 2.35. The third-order valence-corrected chi connectivity index (χ3v) is 25.7. The molecule has 20 N–H and O–H groups in total. The molecule has 14 heterocycles. The summed E-state index contributed by atoms with van der Waals surface area (Å²) < 4.78 is 27.2. The number of nitrogens with zero attached hydrogens (tertiary/aromatic N) is 20. The molecule has 0 saturated heterocycles. The van der Waals surface area contributed by atoms with Gasteiger partial charge in [-0.05, 0) is 172 Å². The molecule has 0 radical (unpaired) electrons. The van der Waals surface area contributed by atoms with Crippen molar-refractivity contribution in [1.29, 1.82) is 0 Å². The van der Waals surface area contributed by atoms with Crippen LogP contribution in [-0.2, 0) is 75.0 Å². The summed E-state index contributed by atoms with van der Waals surface area (Å²) in [4.78, 5) is 186. The molecule has 764 valence electrons. The number of ether oxygens (including phenoxy) is 3. The molecule has 145 heavy (non-hydrogen) atoms. The van der Waals surface area contributed by atoms with E-state index in [2.05, 4.69) is 136 Å². The molecule has 13 aromatic heterocycles. The van der Waals surface area contributed by atoms with Crippen LogP contribution < -0.4 is 104 Å². The summed E-state index contributed by atoms with van der Waals surface area (Å²) in [6.45, 7) is 12.6. The number of carbonyl (C=O) groups is 2. The number of hydrogen-bond donors (Lipinski definition) is 14. The monoisotopic (exact) mass is 2140 g/mol. The van der Waals surface area contributed by atoms with Crippen molar-refractivity contribution in [2.24, 2.45) is 41.4 Å². The van der Waals surface area contributed by atoms with Gasteiger partial charge in [-0.15, -0.1) is 0 Å². The third-order valence-electron chi connectivity index (χ3n) is 24.0. The van der Waals surface area contributed by atoms with E-state index in [1.54, 1.807) is 48.2 Å². The zero-order chi connectivity index (χ0) is 103. The van der Waals surface area contributed by atoms with Crippen LogP contribution in [0.2, 0.25) is 35.1 Å². The minimum absolute atomic E-state index is 0.0114. The number of methoxy groups -OCH3 is 2. The second-order valence-electron chi connectivity index (χ2n) is 37.4. The highest BCUT2D eigenvalue weighted by Crippen LogP contribution is 2.39. The first-order chi connectivity index (χ1) is 69.4. The number of nitrogen functional groups attached to an aromatic ring is 6. The van der Waals surface area contributed by atoms with E-state index in [4.69, 9.17) is 94.5 Å². The summed E-state index contributed by atoms with van der Waals surface area (Å²) in [6, 6.07) is 24.8. The third kappa shape index (κ3) is 27.1. The number of aromatic nitrogens is 26. The average Bonchev–Trinajstić information content (AvgIpc) is 1.59. The average molecular weight is 2150 g/mol. The van der Waals surface area contributed by atoms with Crippen LogP contribution in [0.5, 0.6) is 17.4 Å². The van der Waals surface area contributed by atoms with Gasteiger partial charge in [0.15, 0.2) is 60.7 Å². The Labute approximate surface area is 851 Å². The predicted octanol–water partition coefficient (Wildman–Crippen LogP) is 9.71. The minimum atomic E-state index is -1.14. The maximum atomic E-state index is 13.0. The molecule has 47 nitrogen and oxygen atoms in total. The number of imidazole rings is 6. The second-order valence-corrected chi connectivity index (χ2v) is 46.7. The van der Waals surface area contributed by atoms with Crippen LogP contribution in [-0.4, -0.2) is 165 Å². The fourth-order valence-electron chi connectivity index (χ4n) is 15.5. The number of halogens is 5.